The van der Waals surface area contributed by atoms with E-state index in [1.54, 1.807) is 0 Å². The van der Waals surface area contributed by atoms with Crippen LogP contribution in [0.5, 0.6) is 0 Å². The molecule has 0 saturated heterocycles. The summed E-state index contributed by atoms with van der Waals surface area (Å²) in [5.41, 5.74) is 0.303. The molecule has 18 heavy (non-hydrogen) atoms. The van der Waals surface area contributed by atoms with Gasteiger partial charge in [-0.25, -0.2) is 4.79 Å². The maximum Gasteiger partial charge on any atom is 0.337 e. The van der Waals surface area contributed by atoms with Crippen LogP contribution < -0.4 is 10.6 Å². The van der Waals surface area contributed by atoms with Gasteiger partial charge in [-0.1, -0.05) is 0 Å². The zero-order valence-corrected chi connectivity index (χ0v) is 9.77. The second-order valence-corrected chi connectivity index (χ2v) is 3.55. The van der Waals surface area contributed by atoms with Gasteiger partial charge in [-0.3, -0.25) is 14.6 Å². The Morgan fingerprint density at radius 2 is 2.06 bits per heavy atom. The van der Waals surface area contributed by atoms with Crippen molar-refractivity contribution in [2.45, 2.75) is 13.3 Å². The third-order valence-electron chi connectivity index (χ3n) is 1.99. The maximum absolute atomic E-state index is 11.4. The van der Waals surface area contributed by atoms with Crippen LogP contribution in [-0.4, -0.2) is 34.4 Å². The van der Waals surface area contributed by atoms with Crippen LogP contribution in [-0.2, 0) is 9.59 Å². The van der Waals surface area contributed by atoms with Crippen LogP contribution in [0.2, 0.25) is 0 Å². The van der Waals surface area contributed by atoms with Crippen molar-refractivity contribution < 1.29 is 19.5 Å². The minimum absolute atomic E-state index is 0.00494. The normalized spacial score (nSPS) is 9.61. The van der Waals surface area contributed by atoms with Gasteiger partial charge in [0.1, 0.15) is 0 Å². The third kappa shape index (κ3) is 4.60. The molecule has 7 nitrogen and oxygen atoms in total. The first-order valence-electron chi connectivity index (χ1n) is 5.21. The van der Waals surface area contributed by atoms with E-state index in [2.05, 4.69) is 15.6 Å². The summed E-state index contributed by atoms with van der Waals surface area (Å²) in [6.45, 7) is 1.59. The van der Waals surface area contributed by atoms with Crippen molar-refractivity contribution in [2.75, 3.05) is 11.9 Å². The summed E-state index contributed by atoms with van der Waals surface area (Å²) in [6.07, 6.45) is 2.65. The predicted octanol–water partition coefficient (Wildman–Crippen LogP) is 0.244. The van der Waals surface area contributed by atoms with Gasteiger partial charge in [0, 0.05) is 26.1 Å². The molecule has 1 rings (SSSR count). The van der Waals surface area contributed by atoms with Crippen LogP contribution in [0.3, 0.4) is 0 Å². The Labute approximate surface area is 103 Å². The summed E-state index contributed by atoms with van der Waals surface area (Å²) in [6, 6.07) is 1.31. The molecule has 1 heterocycles. The highest BCUT2D eigenvalue weighted by Gasteiger charge is 2.07. The largest absolute Gasteiger partial charge is 0.478 e. The summed E-state index contributed by atoms with van der Waals surface area (Å²) in [4.78, 5) is 36.4. The lowest BCUT2D eigenvalue weighted by molar-refractivity contribution is -0.119. The zero-order chi connectivity index (χ0) is 13.5. The number of anilines is 1. The van der Waals surface area contributed by atoms with Crippen molar-refractivity contribution in [1.29, 1.82) is 0 Å². The van der Waals surface area contributed by atoms with E-state index >= 15 is 0 Å². The Kier molecular flexibility index (Phi) is 4.79. The molecule has 0 aliphatic carbocycles. The number of nitrogens with zero attached hydrogens (tertiary/aromatic N) is 1. The van der Waals surface area contributed by atoms with Crippen LogP contribution >= 0.6 is 0 Å². The molecular formula is C11H13N3O4. The molecule has 7 heteroatoms. The molecule has 0 aliphatic rings. The average molecular weight is 251 g/mol. The quantitative estimate of drug-likeness (QED) is 0.694. The Bertz CT molecular complexity index is 473. The minimum atomic E-state index is -1.11. The highest BCUT2D eigenvalue weighted by molar-refractivity contribution is 5.93. The van der Waals surface area contributed by atoms with E-state index in [-0.39, 0.29) is 30.3 Å². The van der Waals surface area contributed by atoms with Crippen LogP contribution in [0, 0.1) is 0 Å². The van der Waals surface area contributed by atoms with E-state index in [9.17, 15) is 14.4 Å². The molecule has 0 aromatic carbocycles. The van der Waals surface area contributed by atoms with E-state index < -0.39 is 5.97 Å². The number of pyridine rings is 1. The Morgan fingerprint density at radius 3 is 2.67 bits per heavy atom. The molecule has 0 aliphatic heterocycles. The molecule has 1 aromatic rings. The lowest BCUT2D eigenvalue weighted by Crippen LogP contribution is -2.25. The van der Waals surface area contributed by atoms with Crippen molar-refractivity contribution in [3.05, 3.63) is 24.0 Å². The summed E-state index contributed by atoms with van der Waals surface area (Å²) in [5, 5.41) is 13.7. The molecule has 3 N–H and O–H groups in total. The molecule has 0 unspecified atom stereocenters. The number of nitrogens with one attached hydrogen (secondary N) is 2. The minimum Gasteiger partial charge on any atom is -0.478 e. The monoisotopic (exact) mass is 251 g/mol. The van der Waals surface area contributed by atoms with E-state index in [0.717, 1.165) is 0 Å². The number of aromatic carboxylic acids is 1. The van der Waals surface area contributed by atoms with E-state index in [4.69, 9.17) is 5.11 Å². The first-order chi connectivity index (χ1) is 8.49. The van der Waals surface area contributed by atoms with E-state index in [1.807, 2.05) is 0 Å². The molecule has 96 valence electrons. The molecule has 0 fully saturated rings. The van der Waals surface area contributed by atoms with Gasteiger partial charge in [0.05, 0.1) is 17.4 Å². The number of rotatable bonds is 5. The van der Waals surface area contributed by atoms with Crippen LogP contribution in [0.25, 0.3) is 0 Å². The Morgan fingerprint density at radius 1 is 1.33 bits per heavy atom. The number of carbonyl (C=O) groups excluding carboxylic acids is 2. The average Bonchev–Trinajstić information content (AvgIpc) is 2.28. The topological polar surface area (TPSA) is 108 Å². The van der Waals surface area contributed by atoms with Gasteiger partial charge in [-0.15, -0.1) is 0 Å². The smallest absolute Gasteiger partial charge is 0.337 e. The maximum atomic E-state index is 11.4. The second kappa shape index (κ2) is 6.33. The van der Waals surface area contributed by atoms with Crippen LogP contribution in [0.15, 0.2) is 18.5 Å². The fourth-order valence-corrected chi connectivity index (χ4v) is 1.20. The van der Waals surface area contributed by atoms with Gasteiger partial charge in [0.25, 0.3) is 0 Å². The van der Waals surface area contributed by atoms with E-state index in [1.165, 1.54) is 25.4 Å². The van der Waals surface area contributed by atoms with Crippen molar-refractivity contribution in [1.82, 2.24) is 10.3 Å². The summed E-state index contributed by atoms with van der Waals surface area (Å²) < 4.78 is 0. The van der Waals surface area contributed by atoms with Crippen molar-refractivity contribution in [3.63, 3.8) is 0 Å². The number of carboxylic acid groups (broad SMARTS) is 1. The molecule has 0 bridgehead atoms. The highest BCUT2D eigenvalue weighted by atomic mass is 16.4. The Hall–Kier alpha value is -2.44. The number of hydrogen-bond donors (Lipinski definition) is 3. The van der Waals surface area contributed by atoms with Crippen molar-refractivity contribution >= 4 is 23.5 Å². The number of amides is 2. The zero-order valence-electron chi connectivity index (χ0n) is 9.77. The van der Waals surface area contributed by atoms with Crippen LogP contribution in [0.4, 0.5) is 5.69 Å². The van der Waals surface area contributed by atoms with Gasteiger partial charge in [0.15, 0.2) is 0 Å². The number of hydrogen-bond acceptors (Lipinski definition) is 4. The highest BCUT2D eigenvalue weighted by Crippen LogP contribution is 2.08. The lowest BCUT2D eigenvalue weighted by Gasteiger charge is -2.05. The molecular weight excluding hydrogens is 238 g/mol. The van der Waals surface area contributed by atoms with Gasteiger partial charge in [-0.05, 0) is 6.07 Å². The summed E-state index contributed by atoms with van der Waals surface area (Å²) in [7, 11) is 0. The van der Waals surface area contributed by atoms with Crippen molar-refractivity contribution in [3.8, 4) is 0 Å². The molecule has 0 atom stereocenters. The van der Waals surface area contributed by atoms with Gasteiger partial charge < -0.3 is 15.7 Å². The third-order valence-corrected chi connectivity index (χ3v) is 1.99. The SMILES string of the molecule is CC(=O)NCCC(=O)Nc1cncc(C(=O)O)c1. The molecule has 0 saturated carbocycles. The number of carboxylic acids is 1. The van der Waals surface area contributed by atoms with E-state index in [0.29, 0.717) is 5.69 Å². The fourth-order valence-electron chi connectivity index (χ4n) is 1.20. The standard InChI is InChI=1S/C11H13N3O4/c1-7(15)13-3-2-10(16)14-9-4-8(11(17)18)5-12-6-9/h4-6H,2-3H2,1H3,(H,13,15)(H,14,16)(H,17,18). The van der Waals surface area contributed by atoms with Crippen LogP contribution in [0.1, 0.15) is 23.7 Å². The van der Waals surface area contributed by atoms with Crippen molar-refractivity contribution in [2.24, 2.45) is 0 Å². The first-order valence-corrected chi connectivity index (χ1v) is 5.21. The predicted molar refractivity (Wildman–Crippen MR) is 63.1 cm³/mol. The number of aromatic nitrogens is 1. The molecule has 2 amide bonds. The second-order valence-electron chi connectivity index (χ2n) is 3.55. The lowest BCUT2D eigenvalue weighted by atomic mass is 10.2. The molecule has 1 aromatic heterocycles. The molecule has 0 spiro atoms. The summed E-state index contributed by atoms with van der Waals surface area (Å²) in [5.74, 6) is -1.65. The Balaban J connectivity index is 2.51. The first kappa shape index (κ1) is 13.6. The van der Waals surface area contributed by atoms with Gasteiger partial charge in [0.2, 0.25) is 11.8 Å². The fraction of sp³-hybridized carbons (Fsp3) is 0.273. The number of carbonyl (C=O) groups is 3. The molecule has 0 radical (unpaired) electrons. The van der Waals surface area contributed by atoms with Gasteiger partial charge in [-0.2, -0.15) is 0 Å². The summed E-state index contributed by atoms with van der Waals surface area (Å²) >= 11 is 0. The van der Waals surface area contributed by atoms with Gasteiger partial charge >= 0.3 is 5.97 Å².